The summed E-state index contributed by atoms with van der Waals surface area (Å²) >= 11 is 5.96. The Morgan fingerprint density at radius 2 is 1.90 bits per heavy atom. The first-order valence-corrected chi connectivity index (χ1v) is 11.5. The van der Waals surface area contributed by atoms with E-state index in [4.69, 9.17) is 16.3 Å². The quantitative estimate of drug-likeness (QED) is 0.668. The monoisotopic (exact) mass is 454 g/mol. The molecule has 1 fully saturated rings. The first-order valence-electron chi connectivity index (χ1n) is 9.68. The van der Waals surface area contributed by atoms with Crippen molar-refractivity contribution in [3.8, 4) is 5.75 Å². The molecule has 30 heavy (non-hydrogen) atoms. The molecule has 1 aliphatic carbocycles. The molecule has 2 atom stereocenters. The number of anilines is 1. The lowest BCUT2D eigenvalue weighted by molar-refractivity contribution is 0.102. The van der Waals surface area contributed by atoms with Crippen LogP contribution in [0.2, 0.25) is 5.02 Å². The van der Waals surface area contributed by atoms with Gasteiger partial charge in [0.05, 0.1) is 23.3 Å². The standard InChI is InChI=1S/C21H24ClFN2O4S/c1-13-5-3-4-6-18(13)25-30(27,28)15-8-9-17(23)16(12-15)21(26)24-19-11-14(22)7-10-20(19)29-2/h7-13,18,25H,3-6H2,1-2H3,(H,24,26)/t13-,18+/m1/s1. The summed E-state index contributed by atoms with van der Waals surface area (Å²) in [5.41, 5.74) is -0.145. The van der Waals surface area contributed by atoms with Gasteiger partial charge in [-0.1, -0.05) is 31.4 Å². The van der Waals surface area contributed by atoms with Gasteiger partial charge in [-0.05, 0) is 55.2 Å². The number of benzene rings is 2. The maximum absolute atomic E-state index is 14.4. The van der Waals surface area contributed by atoms with Crippen molar-refractivity contribution < 1.29 is 22.3 Å². The van der Waals surface area contributed by atoms with Crippen LogP contribution in [0.1, 0.15) is 43.0 Å². The average Bonchev–Trinajstić information content (AvgIpc) is 2.70. The van der Waals surface area contributed by atoms with Gasteiger partial charge in [0.2, 0.25) is 10.0 Å². The number of carbonyl (C=O) groups excluding carboxylic acids is 1. The molecule has 3 rings (SSSR count). The third-order valence-electron chi connectivity index (χ3n) is 5.32. The lowest BCUT2D eigenvalue weighted by Gasteiger charge is -2.29. The molecule has 2 aromatic rings. The molecule has 1 aliphatic rings. The predicted molar refractivity (Wildman–Crippen MR) is 114 cm³/mol. The number of amides is 1. The molecule has 162 valence electrons. The second kappa shape index (κ2) is 9.32. The Morgan fingerprint density at radius 3 is 2.60 bits per heavy atom. The van der Waals surface area contributed by atoms with Crippen molar-refractivity contribution >= 4 is 33.2 Å². The second-order valence-corrected chi connectivity index (χ2v) is 9.58. The van der Waals surface area contributed by atoms with E-state index in [-0.39, 0.29) is 22.5 Å². The number of carbonyl (C=O) groups is 1. The summed E-state index contributed by atoms with van der Waals surface area (Å²) in [5, 5.41) is 2.88. The van der Waals surface area contributed by atoms with Gasteiger partial charge in [-0.3, -0.25) is 4.79 Å². The minimum atomic E-state index is -3.90. The van der Waals surface area contributed by atoms with Gasteiger partial charge in [0.1, 0.15) is 11.6 Å². The van der Waals surface area contributed by atoms with Crippen LogP contribution >= 0.6 is 11.6 Å². The Hall–Kier alpha value is -2.16. The van der Waals surface area contributed by atoms with E-state index in [0.717, 1.165) is 43.9 Å². The smallest absolute Gasteiger partial charge is 0.258 e. The summed E-state index contributed by atoms with van der Waals surface area (Å²) in [6.45, 7) is 2.01. The van der Waals surface area contributed by atoms with Crippen LogP contribution in [-0.4, -0.2) is 27.5 Å². The van der Waals surface area contributed by atoms with Gasteiger partial charge in [0, 0.05) is 11.1 Å². The van der Waals surface area contributed by atoms with Crippen LogP contribution in [0.3, 0.4) is 0 Å². The van der Waals surface area contributed by atoms with Crippen molar-refractivity contribution in [3.63, 3.8) is 0 Å². The van der Waals surface area contributed by atoms with Crippen molar-refractivity contribution in [3.05, 3.63) is 52.8 Å². The fourth-order valence-electron chi connectivity index (χ4n) is 3.57. The van der Waals surface area contributed by atoms with Gasteiger partial charge in [-0.2, -0.15) is 0 Å². The number of sulfonamides is 1. The fraction of sp³-hybridized carbons (Fsp3) is 0.381. The topological polar surface area (TPSA) is 84.5 Å². The van der Waals surface area contributed by atoms with E-state index in [2.05, 4.69) is 10.0 Å². The molecule has 0 heterocycles. The zero-order chi connectivity index (χ0) is 21.9. The van der Waals surface area contributed by atoms with Gasteiger partial charge in [0.25, 0.3) is 5.91 Å². The number of methoxy groups -OCH3 is 1. The number of hydrogen-bond donors (Lipinski definition) is 2. The molecule has 0 radical (unpaired) electrons. The SMILES string of the molecule is COc1ccc(Cl)cc1NC(=O)c1cc(S(=O)(=O)N[C@H]2CCCC[C@H]2C)ccc1F. The number of hydrogen-bond acceptors (Lipinski definition) is 4. The highest BCUT2D eigenvalue weighted by Crippen LogP contribution is 2.29. The van der Waals surface area contributed by atoms with E-state index in [1.165, 1.54) is 13.2 Å². The van der Waals surface area contributed by atoms with Crippen LogP contribution in [0.25, 0.3) is 0 Å². The highest BCUT2D eigenvalue weighted by molar-refractivity contribution is 7.89. The minimum Gasteiger partial charge on any atom is -0.495 e. The van der Waals surface area contributed by atoms with Crippen LogP contribution in [0, 0.1) is 11.7 Å². The highest BCUT2D eigenvalue weighted by atomic mass is 35.5. The molecular weight excluding hydrogens is 431 g/mol. The molecule has 0 aromatic heterocycles. The lowest BCUT2D eigenvalue weighted by atomic mass is 9.87. The Morgan fingerprint density at radius 1 is 1.17 bits per heavy atom. The van der Waals surface area contributed by atoms with Crippen LogP contribution in [0.5, 0.6) is 5.75 Å². The number of nitrogens with one attached hydrogen (secondary N) is 2. The molecule has 2 aromatic carbocycles. The zero-order valence-electron chi connectivity index (χ0n) is 16.7. The third-order valence-corrected chi connectivity index (χ3v) is 7.04. The Kier molecular flexibility index (Phi) is 7.00. The van der Waals surface area contributed by atoms with Crippen LogP contribution < -0.4 is 14.8 Å². The molecule has 0 bridgehead atoms. The van der Waals surface area contributed by atoms with Gasteiger partial charge >= 0.3 is 0 Å². The Bertz CT molecular complexity index is 1050. The number of halogens is 2. The molecule has 1 saturated carbocycles. The molecule has 0 spiro atoms. The van der Waals surface area contributed by atoms with Gasteiger partial charge < -0.3 is 10.1 Å². The van der Waals surface area contributed by atoms with E-state index in [0.29, 0.717) is 10.8 Å². The largest absolute Gasteiger partial charge is 0.495 e. The highest BCUT2D eigenvalue weighted by Gasteiger charge is 2.28. The van der Waals surface area contributed by atoms with Gasteiger partial charge in [-0.25, -0.2) is 17.5 Å². The third kappa shape index (κ3) is 5.11. The van der Waals surface area contributed by atoms with Gasteiger partial charge in [-0.15, -0.1) is 0 Å². The first-order chi connectivity index (χ1) is 14.2. The van der Waals surface area contributed by atoms with Crippen molar-refractivity contribution in [2.75, 3.05) is 12.4 Å². The molecule has 0 saturated heterocycles. The van der Waals surface area contributed by atoms with Crippen LogP contribution in [0.15, 0.2) is 41.3 Å². The van der Waals surface area contributed by atoms with E-state index in [9.17, 15) is 17.6 Å². The van der Waals surface area contributed by atoms with E-state index in [1.54, 1.807) is 12.1 Å². The molecule has 1 amide bonds. The van der Waals surface area contributed by atoms with Crippen LogP contribution in [-0.2, 0) is 10.0 Å². The molecule has 9 heteroatoms. The summed E-state index contributed by atoms with van der Waals surface area (Å²) in [7, 11) is -2.48. The summed E-state index contributed by atoms with van der Waals surface area (Å²) in [6, 6.07) is 7.60. The Balaban J connectivity index is 1.86. The minimum absolute atomic E-state index is 0.162. The maximum Gasteiger partial charge on any atom is 0.258 e. The lowest BCUT2D eigenvalue weighted by Crippen LogP contribution is -2.41. The molecule has 0 unspecified atom stereocenters. The number of rotatable bonds is 6. The average molecular weight is 455 g/mol. The van der Waals surface area contributed by atoms with Crippen molar-refractivity contribution in [1.29, 1.82) is 0 Å². The maximum atomic E-state index is 14.4. The van der Waals surface area contributed by atoms with Crippen molar-refractivity contribution in [2.45, 2.75) is 43.5 Å². The first kappa shape index (κ1) is 22.5. The van der Waals surface area contributed by atoms with Crippen LogP contribution in [0.4, 0.5) is 10.1 Å². The van der Waals surface area contributed by atoms with Crippen molar-refractivity contribution in [2.24, 2.45) is 5.92 Å². The molecule has 6 nitrogen and oxygen atoms in total. The van der Waals surface area contributed by atoms with E-state index >= 15 is 0 Å². The molecular formula is C21H24ClFN2O4S. The van der Waals surface area contributed by atoms with Crippen molar-refractivity contribution in [1.82, 2.24) is 4.72 Å². The van der Waals surface area contributed by atoms with E-state index < -0.39 is 27.3 Å². The summed E-state index contributed by atoms with van der Waals surface area (Å²) in [4.78, 5) is 12.5. The van der Waals surface area contributed by atoms with Gasteiger partial charge in [0.15, 0.2) is 0 Å². The second-order valence-electron chi connectivity index (χ2n) is 7.43. The summed E-state index contributed by atoms with van der Waals surface area (Å²) in [6.07, 6.45) is 3.73. The summed E-state index contributed by atoms with van der Waals surface area (Å²) < 4.78 is 47.9. The zero-order valence-corrected chi connectivity index (χ0v) is 18.3. The normalized spacial score (nSPS) is 19.3. The molecule has 0 aliphatic heterocycles. The summed E-state index contributed by atoms with van der Waals surface area (Å²) in [5.74, 6) is -1.09. The number of ether oxygens (including phenoxy) is 1. The predicted octanol–water partition coefficient (Wildman–Crippen LogP) is 4.60. The Labute approximate surface area is 180 Å². The van der Waals surface area contributed by atoms with E-state index in [1.807, 2.05) is 6.92 Å². The molecule has 2 N–H and O–H groups in total. The fourth-order valence-corrected chi connectivity index (χ4v) is 5.15.